The number of nitrogens with zero attached hydrogens (tertiary/aromatic N) is 2. The summed E-state index contributed by atoms with van der Waals surface area (Å²) in [5.74, 6) is 5.12. The van der Waals surface area contributed by atoms with Gasteiger partial charge in [-0.1, -0.05) is 11.8 Å². The third kappa shape index (κ3) is 3.58. The lowest BCUT2D eigenvalue weighted by atomic mass is 10.3. The van der Waals surface area contributed by atoms with Crippen LogP contribution in [0.25, 0.3) is 0 Å². The van der Waals surface area contributed by atoms with Gasteiger partial charge in [-0.3, -0.25) is 9.78 Å². The first kappa shape index (κ1) is 15.4. The summed E-state index contributed by atoms with van der Waals surface area (Å²) in [5.41, 5.74) is 5.73. The number of likely N-dealkylation sites (tertiary alicyclic amines) is 1. The van der Waals surface area contributed by atoms with Crippen LogP contribution < -0.4 is 10.5 Å². The minimum Gasteiger partial charge on any atom is -0.344 e. The normalized spacial score (nSPS) is 18.5. The average Bonchev–Trinajstić information content (AvgIpc) is 2.77. The van der Waals surface area contributed by atoms with Gasteiger partial charge in [-0.25, -0.2) is 8.42 Å². The summed E-state index contributed by atoms with van der Waals surface area (Å²) in [6.45, 7) is 0.713. The van der Waals surface area contributed by atoms with Crippen molar-refractivity contribution in [1.29, 1.82) is 0 Å². The number of aromatic nitrogens is 1. The Kier molecular flexibility index (Phi) is 4.57. The molecule has 1 aromatic rings. The molecule has 8 heteroatoms. The number of hydrogen-bond acceptors (Lipinski definition) is 5. The minimum atomic E-state index is -3.81. The van der Waals surface area contributed by atoms with E-state index in [1.54, 1.807) is 7.05 Å². The number of likely N-dealkylation sites (N-methyl/N-ethyl adjacent to an activating group) is 1. The predicted octanol–water partition coefficient (Wildman–Crippen LogP) is -1.10. The number of pyridine rings is 1. The Labute approximate surface area is 123 Å². The van der Waals surface area contributed by atoms with E-state index in [1.165, 1.54) is 23.4 Å². The predicted molar refractivity (Wildman–Crippen MR) is 76.5 cm³/mol. The Morgan fingerprint density at radius 2 is 2.29 bits per heavy atom. The molecule has 112 valence electrons. The number of carbonyl (C=O) groups is 1. The highest BCUT2D eigenvalue weighted by molar-refractivity contribution is 7.89. The van der Waals surface area contributed by atoms with Crippen molar-refractivity contribution >= 4 is 15.9 Å². The zero-order valence-electron chi connectivity index (χ0n) is 11.5. The molecule has 2 heterocycles. The number of amides is 1. The van der Waals surface area contributed by atoms with Gasteiger partial charge in [-0.05, 0) is 12.5 Å². The lowest BCUT2D eigenvalue weighted by molar-refractivity contribution is -0.127. The second kappa shape index (κ2) is 6.22. The number of hydrogen-bond donors (Lipinski definition) is 2. The Bertz CT molecular complexity index is 706. The smallest absolute Gasteiger partial charge is 0.242 e. The standard InChI is InChI=1S/C13H16N4O3S/c1-17-6-4-12(13(17)18)16-21(19,20)11-7-10(3-2-5-14)8-15-9-11/h7-9,12,16H,4-6,14H2,1H3. The molecular formula is C13H16N4O3S. The summed E-state index contributed by atoms with van der Waals surface area (Å²) >= 11 is 0. The van der Waals surface area contributed by atoms with Crippen LogP contribution in [0.4, 0.5) is 0 Å². The lowest BCUT2D eigenvalue weighted by Gasteiger charge is -2.12. The number of carbonyl (C=O) groups excluding carboxylic acids is 1. The van der Waals surface area contributed by atoms with E-state index < -0.39 is 16.1 Å². The van der Waals surface area contributed by atoms with Gasteiger partial charge in [-0.15, -0.1) is 0 Å². The second-order valence-electron chi connectivity index (χ2n) is 4.64. The van der Waals surface area contributed by atoms with Gasteiger partial charge in [0.05, 0.1) is 6.54 Å². The second-order valence-corrected chi connectivity index (χ2v) is 6.35. The van der Waals surface area contributed by atoms with Crippen molar-refractivity contribution in [2.45, 2.75) is 17.4 Å². The van der Waals surface area contributed by atoms with Gasteiger partial charge in [0.15, 0.2) is 0 Å². The lowest BCUT2D eigenvalue weighted by Crippen LogP contribution is -2.40. The number of nitrogens with one attached hydrogen (secondary N) is 1. The molecule has 21 heavy (non-hydrogen) atoms. The van der Waals surface area contributed by atoms with E-state index in [2.05, 4.69) is 21.5 Å². The van der Waals surface area contributed by atoms with Crippen LogP contribution in [-0.4, -0.2) is 50.4 Å². The van der Waals surface area contributed by atoms with Gasteiger partial charge in [0, 0.05) is 31.5 Å². The topological polar surface area (TPSA) is 105 Å². The first-order valence-electron chi connectivity index (χ1n) is 6.35. The van der Waals surface area contributed by atoms with E-state index in [0.29, 0.717) is 18.5 Å². The van der Waals surface area contributed by atoms with Gasteiger partial charge in [0.25, 0.3) is 0 Å². The fourth-order valence-corrected chi connectivity index (χ4v) is 3.19. The van der Waals surface area contributed by atoms with Gasteiger partial charge < -0.3 is 10.6 Å². The van der Waals surface area contributed by atoms with Gasteiger partial charge in [0.1, 0.15) is 10.9 Å². The Hall–Kier alpha value is -1.95. The van der Waals surface area contributed by atoms with Crippen LogP contribution in [0, 0.1) is 11.8 Å². The Morgan fingerprint density at radius 1 is 1.52 bits per heavy atom. The molecule has 0 radical (unpaired) electrons. The van der Waals surface area contributed by atoms with Crippen LogP contribution in [-0.2, 0) is 14.8 Å². The van der Waals surface area contributed by atoms with Gasteiger partial charge >= 0.3 is 0 Å². The van der Waals surface area contributed by atoms with Crippen LogP contribution in [0.5, 0.6) is 0 Å². The Balaban J connectivity index is 2.22. The van der Waals surface area contributed by atoms with Crippen molar-refractivity contribution in [3.8, 4) is 11.8 Å². The molecule has 0 spiro atoms. The highest BCUT2D eigenvalue weighted by Crippen LogP contribution is 2.14. The molecule has 0 aromatic carbocycles. The summed E-state index contributed by atoms with van der Waals surface area (Å²) in [5, 5.41) is 0. The monoisotopic (exact) mass is 308 g/mol. The van der Waals surface area contributed by atoms with Crippen LogP contribution in [0.1, 0.15) is 12.0 Å². The van der Waals surface area contributed by atoms with Crippen molar-refractivity contribution < 1.29 is 13.2 Å². The molecule has 1 saturated heterocycles. The zero-order chi connectivity index (χ0) is 15.5. The number of nitrogens with two attached hydrogens (primary N) is 1. The van der Waals surface area contributed by atoms with Gasteiger partial charge in [0.2, 0.25) is 15.9 Å². The minimum absolute atomic E-state index is 0.0197. The quantitative estimate of drug-likeness (QED) is 0.690. The molecule has 1 unspecified atom stereocenters. The fraction of sp³-hybridized carbons (Fsp3) is 0.385. The van der Waals surface area contributed by atoms with E-state index in [-0.39, 0.29) is 17.3 Å². The third-order valence-electron chi connectivity index (χ3n) is 3.08. The molecular weight excluding hydrogens is 292 g/mol. The maximum Gasteiger partial charge on any atom is 0.242 e. The number of rotatable bonds is 3. The molecule has 1 fully saturated rings. The maximum atomic E-state index is 12.3. The third-order valence-corrected chi connectivity index (χ3v) is 4.52. The average molecular weight is 308 g/mol. The molecule has 7 nitrogen and oxygen atoms in total. The summed E-state index contributed by atoms with van der Waals surface area (Å²) < 4.78 is 26.9. The molecule has 1 atom stereocenters. The summed E-state index contributed by atoms with van der Waals surface area (Å²) in [7, 11) is -2.17. The molecule has 0 saturated carbocycles. The Morgan fingerprint density at radius 3 is 2.90 bits per heavy atom. The molecule has 0 aliphatic carbocycles. The van der Waals surface area contributed by atoms with Crippen LogP contribution >= 0.6 is 0 Å². The zero-order valence-corrected chi connectivity index (χ0v) is 12.4. The summed E-state index contributed by atoms with van der Waals surface area (Å²) in [4.78, 5) is 17.1. The van der Waals surface area contributed by atoms with E-state index in [9.17, 15) is 13.2 Å². The van der Waals surface area contributed by atoms with E-state index >= 15 is 0 Å². The first-order chi connectivity index (χ1) is 9.94. The maximum absolute atomic E-state index is 12.3. The van der Waals surface area contributed by atoms with Crippen molar-refractivity contribution in [3.05, 3.63) is 24.0 Å². The summed E-state index contributed by atoms with van der Waals surface area (Å²) in [6.07, 6.45) is 3.13. The van der Waals surface area contributed by atoms with E-state index in [0.717, 1.165) is 0 Å². The van der Waals surface area contributed by atoms with Crippen LogP contribution in [0.2, 0.25) is 0 Å². The molecule has 1 aromatic heterocycles. The first-order valence-corrected chi connectivity index (χ1v) is 7.83. The number of sulfonamides is 1. The highest BCUT2D eigenvalue weighted by Gasteiger charge is 2.33. The van der Waals surface area contributed by atoms with Crippen molar-refractivity contribution in [1.82, 2.24) is 14.6 Å². The van der Waals surface area contributed by atoms with Crippen LogP contribution in [0.15, 0.2) is 23.4 Å². The molecule has 0 bridgehead atoms. The van der Waals surface area contributed by atoms with Crippen molar-refractivity contribution in [3.63, 3.8) is 0 Å². The molecule has 1 aliphatic heterocycles. The SMILES string of the molecule is CN1CCC(NS(=O)(=O)c2cncc(C#CCN)c2)C1=O. The highest BCUT2D eigenvalue weighted by atomic mass is 32.2. The largest absolute Gasteiger partial charge is 0.344 e. The van der Waals surface area contributed by atoms with Crippen LogP contribution in [0.3, 0.4) is 0 Å². The fourth-order valence-electron chi connectivity index (χ4n) is 1.97. The molecule has 1 amide bonds. The molecule has 3 N–H and O–H groups in total. The van der Waals surface area contributed by atoms with Crippen molar-refractivity contribution in [2.75, 3.05) is 20.1 Å². The molecule has 2 rings (SSSR count). The van der Waals surface area contributed by atoms with Crippen molar-refractivity contribution in [2.24, 2.45) is 5.73 Å². The molecule has 1 aliphatic rings. The summed E-state index contributed by atoms with van der Waals surface area (Å²) in [6, 6.07) is 0.681. The van der Waals surface area contributed by atoms with E-state index in [4.69, 9.17) is 5.73 Å². The van der Waals surface area contributed by atoms with Gasteiger partial charge in [-0.2, -0.15) is 4.72 Å². The van der Waals surface area contributed by atoms with E-state index in [1.807, 2.05) is 0 Å².